The van der Waals surface area contributed by atoms with E-state index in [4.69, 9.17) is 5.11 Å². The molecule has 1 fully saturated rings. The summed E-state index contributed by atoms with van der Waals surface area (Å²) in [5.41, 5.74) is 0.192. The number of thiazole rings is 1. The summed E-state index contributed by atoms with van der Waals surface area (Å²) in [5, 5.41) is 9.77. The van der Waals surface area contributed by atoms with Crippen molar-refractivity contribution in [1.29, 1.82) is 0 Å². The van der Waals surface area contributed by atoms with Crippen molar-refractivity contribution in [3.8, 4) is 0 Å². The molecule has 0 saturated carbocycles. The normalized spacial score (nSPS) is 20.0. The zero-order chi connectivity index (χ0) is 11.7. The number of aromatic carboxylic acids is 1. The molecule has 1 aromatic rings. The molecular weight excluding hydrogens is 244 g/mol. The summed E-state index contributed by atoms with van der Waals surface area (Å²) in [6.45, 7) is 1.81. The Morgan fingerprint density at radius 3 is 2.88 bits per heavy atom. The fourth-order valence-electron chi connectivity index (χ4n) is 1.72. The van der Waals surface area contributed by atoms with Crippen molar-refractivity contribution in [3.05, 3.63) is 10.6 Å². The summed E-state index contributed by atoms with van der Waals surface area (Å²) in [7, 11) is 2.00. The second-order valence-electron chi connectivity index (χ2n) is 3.83. The minimum atomic E-state index is -0.936. The lowest BCUT2D eigenvalue weighted by atomic mass is 10.2. The van der Waals surface area contributed by atoms with Crippen molar-refractivity contribution in [1.82, 2.24) is 4.98 Å². The van der Waals surface area contributed by atoms with Gasteiger partial charge in [0, 0.05) is 23.7 Å². The summed E-state index contributed by atoms with van der Waals surface area (Å²) < 4.78 is 0. The monoisotopic (exact) mass is 258 g/mol. The molecule has 1 saturated heterocycles. The predicted octanol–water partition coefficient (Wildman–Crippen LogP) is 2.09. The predicted molar refractivity (Wildman–Crippen MR) is 67.9 cm³/mol. The number of anilines is 1. The minimum absolute atomic E-state index is 0.192. The molecule has 0 aromatic carbocycles. The SMILES string of the molecule is Cc1sc(N(C)C2CCSC2)nc1C(=O)O. The Morgan fingerprint density at radius 1 is 1.62 bits per heavy atom. The number of hydrogen-bond acceptors (Lipinski definition) is 5. The Bertz CT molecular complexity index is 400. The Kier molecular flexibility index (Phi) is 3.39. The molecule has 2 heterocycles. The highest BCUT2D eigenvalue weighted by Gasteiger charge is 2.24. The van der Waals surface area contributed by atoms with E-state index >= 15 is 0 Å². The highest BCUT2D eigenvalue weighted by atomic mass is 32.2. The molecule has 4 nitrogen and oxygen atoms in total. The van der Waals surface area contributed by atoms with Gasteiger partial charge in [0.15, 0.2) is 10.8 Å². The molecule has 1 aromatic heterocycles. The van der Waals surface area contributed by atoms with Crippen molar-refractivity contribution < 1.29 is 9.90 Å². The average Bonchev–Trinajstić information content (AvgIpc) is 2.84. The van der Waals surface area contributed by atoms with Gasteiger partial charge in [-0.3, -0.25) is 0 Å². The first-order valence-electron chi connectivity index (χ1n) is 5.11. The van der Waals surface area contributed by atoms with Gasteiger partial charge in [-0.25, -0.2) is 9.78 Å². The van der Waals surface area contributed by atoms with Crippen LogP contribution in [0.1, 0.15) is 21.8 Å². The van der Waals surface area contributed by atoms with Crippen LogP contribution in [-0.2, 0) is 0 Å². The van der Waals surface area contributed by atoms with E-state index in [0.29, 0.717) is 6.04 Å². The molecule has 0 radical (unpaired) electrons. The van der Waals surface area contributed by atoms with Gasteiger partial charge in [-0.05, 0) is 19.1 Å². The van der Waals surface area contributed by atoms with E-state index in [1.807, 2.05) is 25.7 Å². The molecular formula is C10H14N2O2S2. The number of thioether (sulfide) groups is 1. The molecule has 6 heteroatoms. The van der Waals surface area contributed by atoms with Crippen molar-refractivity contribution in [2.45, 2.75) is 19.4 Å². The number of aryl methyl sites for hydroxylation is 1. The van der Waals surface area contributed by atoms with E-state index in [1.165, 1.54) is 17.1 Å². The van der Waals surface area contributed by atoms with Crippen LogP contribution in [0.25, 0.3) is 0 Å². The number of aromatic nitrogens is 1. The average molecular weight is 258 g/mol. The van der Waals surface area contributed by atoms with E-state index in [-0.39, 0.29) is 5.69 Å². The van der Waals surface area contributed by atoms with Gasteiger partial charge in [-0.1, -0.05) is 0 Å². The standard InChI is InChI=1S/C10H14N2O2S2/c1-6-8(9(13)14)11-10(16-6)12(2)7-3-4-15-5-7/h7H,3-5H2,1-2H3,(H,13,14). The van der Waals surface area contributed by atoms with E-state index in [1.54, 1.807) is 0 Å². The third-order valence-corrected chi connectivity index (χ3v) is 4.95. The summed E-state index contributed by atoms with van der Waals surface area (Å²) in [6, 6.07) is 0.497. The van der Waals surface area contributed by atoms with Crippen molar-refractivity contribution in [3.63, 3.8) is 0 Å². The molecule has 0 aliphatic carbocycles. The molecule has 2 rings (SSSR count). The third kappa shape index (κ3) is 2.17. The summed E-state index contributed by atoms with van der Waals surface area (Å²) >= 11 is 3.40. The summed E-state index contributed by atoms with van der Waals surface area (Å²) in [6.07, 6.45) is 1.15. The molecule has 1 aliphatic rings. The molecule has 1 atom stereocenters. The summed E-state index contributed by atoms with van der Waals surface area (Å²) in [4.78, 5) is 18.0. The van der Waals surface area contributed by atoms with Crippen LogP contribution in [0.2, 0.25) is 0 Å². The number of carboxylic acid groups (broad SMARTS) is 1. The lowest BCUT2D eigenvalue weighted by molar-refractivity contribution is 0.0690. The second kappa shape index (κ2) is 4.63. The van der Waals surface area contributed by atoms with Crippen LogP contribution >= 0.6 is 23.1 Å². The molecule has 0 spiro atoms. The fourth-order valence-corrected chi connectivity index (χ4v) is 3.92. The van der Waals surface area contributed by atoms with Gasteiger partial charge in [0.25, 0.3) is 0 Å². The molecule has 0 amide bonds. The number of carboxylic acids is 1. The lowest BCUT2D eigenvalue weighted by Crippen LogP contribution is -2.31. The quantitative estimate of drug-likeness (QED) is 0.899. The Labute approximate surface area is 103 Å². The minimum Gasteiger partial charge on any atom is -0.476 e. The van der Waals surface area contributed by atoms with Gasteiger partial charge < -0.3 is 10.0 Å². The zero-order valence-electron chi connectivity index (χ0n) is 9.27. The van der Waals surface area contributed by atoms with Gasteiger partial charge in [-0.2, -0.15) is 11.8 Å². The zero-order valence-corrected chi connectivity index (χ0v) is 10.9. The highest BCUT2D eigenvalue weighted by Crippen LogP contribution is 2.30. The Morgan fingerprint density at radius 2 is 2.38 bits per heavy atom. The van der Waals surface area contributed by atoms with Crippen LogP contribution in [0.4, 0.5) is 5.13 Å². The number of carbonyl (C=O) groups is 1. The van der Waals surface area contributed by atoms with Crippen LogP contribution < -0.4 is 4.90 Å². The topological polar surface area (TPSA) is 53.4 Å². The van der Waals surface area contributed by atoms with Gasteiger partial charge in [0.1, 0.15) is 0 Å². The van der Waals surface area contributed by atoms with Gasteiger partial charge in [-0.15, -0.1) is 11.3 Å². The first kappa shape index (κ1) is 11.7. The van der Waals surface area contributed by atoms with Gasteiger partial charge in [0.05, 0.1) is 0 Å². The van der Waals surface area contributed by atoms with Crippen LogP contribution in [0.5, 0.6) is 0 Å². The van der Waals surface area contributed by atoms with E-state index in [9.17, 15) is 4.79 Å². The van der Waals surface area contributed by atoms with Gasteiger partial charge in [0.2, 0.25) is 0 Å². The first-order chi connectivity index (χ1) is 7.59. The first-order valence-corrected chi connectivity index (χ1v) is 7.08. The second-order valence-corrected chi connectivity index (χ2v) is 6.17. The molecule has 0 bridgehead atoms. The van der Waals surface area contributed by atoms with E-state index in [2.05, 4.69) is 9.88 Å². The number of rotatable bonds is 3. The van der Waals surface area contributed by atoms with E-state index < -0.39 is 5.97 Å². The maximum atomic E-state index is 10.9. The Balaban J connectivity index is 2.20. The van der Waals surface area contributed by atoms with Gasteiger partial charge >= 0.3 is 5.97 Å². The molecule has 1 unspecified atom stereocenters. The van der Waals surface area contributed by atoms with E-state index in [0.717, 1.165) is 22.2 Å². The van der Waals surface area contributed by atoms with Crippen molar-refractivity contribution >= 4 is 34.2 Å². The lowest BCUT2D eigenvalue weighted by Gasteiger charge is -2.22. The molecule has 16 heavy (non-hydrogen) atoms. The maximum absolute atomic E-state index is 10.9. The number of hydrogen-bond donors (Lipinski definition) is 1. The third-order valence-electron chi connectivity index (χ3n) is 2.74. The number of nitrogens with zero attached hydrogens (tertiary/aromatic N) is 2. The van der Waals surface area contributed by atoms with Crippen LogP contribution in [0.3, 0.4) is 0 Å². The van der Waals surface area contributed by atoms with Crippen molar-refractivity contribution in [2.75, 3.05) is 23.5 Å². The Hall–Kier alpha value is -0.750. The van der Waals surface area contributed by atoms with Crippen LogP contribution in [-0.4, -0.2) is 40.7 Å². The fraction of sp³-hybridized carbons (Fsp3) is 0.600. The molecule has 1 aliphatic heterocycles. The van der Waals surface area contributed by atoms with Crippen LogP contribution in [0.15, 0.2) is 0 Å². The molecule has 88 valence electrons. The largest absolute Gasteiger partial charge is 0.476 e. The smallest absolute Gasteiger partial charge is 0.355 e. The highest BCUT2D eigenvalue weighted by molar-refractivity contribution is 7.99. The van der Waals surface area contributed by atoms with Crippen molar-refractivity contribution in [2.24, 2.45) is 0 Å². The maximum Gasteiger partial charge on any atom is 0.355 e. The molecule has 1 N–H and O–H groups in total. The van der Waals surface area contributed by atoms with Crippen LogP contribution in [0, 0.1) is 6.92 Å². The summed E-state index contributed by atoms with van der Waals surface area (Å²) in [5.74, 6) is 1.36.